The standard InChI is InChI=1S/C31H25NSi/c1-33(2)30-18-4-3-14-27(30)28-16-9-15-26(31(28)33)24-12-7-10-22(20-24)23-11-8-13-25(21-23)29-17-5-6-19-32-29/h3-21H,1-2H3. The Kier molecular flexibility index (Phi) is 4.63. The second-order valence-electron chi connectivity index (χ2n) is 9.28. The first-order valence-corrected chi connectivity index (χ1v) is 14.5. The molecule has 0 saturated carbocycles. The summed E-state index contributed by atoms with van der Waals surface area (Å²) >= 11 is 0. The maximum atomic E-state index is 4.53. The van der Waals surface area contributed by atoms with Gasteiger partial charge in [0.1, 0.15) is 8.07 Å². The van der Waals surface area contributed by atoms with E-state index < -0.39 is 8.07 Å². The zero-order valence-corrected chi connectivity index (χ0v) is 19.9. The van der Waals surface area contributed by atoms with Crippen LogP contribution in [0.25, 0.3) is 44.6 Å². The Hall–Kier alpha value is -3.75. The molecule has 1 aromatic heterocycles. The summed E-state index contributed by atoms with van der Waals surface area (Å²) in [4.78, 5) is 4.53. The molecule has 0 atom stereocenters. The van der Waals surface area contributed by atoms with Gasteiger partial charge in [-0.3, -0.25) is 4.98 Å². The second kappa shape index (κ2) is 7.68. The van der Waals surface area contributed by atoms with E-state index in [0.29, 0.717) is 0 Å². The van der Waals surface area contributed by atoms with Gasteiger partial charge in [0.15, 0.2) is 0 Å². The number of aromatic nitrogens is 1. The Morgan fingerprint density at radius 3 is 1.91 bits per heavy atom. The maximum Gasteiger partial charge on any atom is 0.114 e. The average molecular weight is 440 g/mol. The van der Waals surface area contributed by atoms with Gasteiger partial charge in [-0.2, -0.15) is 0 Å². The summed E-state index contributed by atoms with van der Waals surface area (Å²) in [5.41, 5.74) is 10.1. The van der Waals surface area contributed by atoms with Crippen LogP contribution in [0, 0.1) is 0 Å². The lowest BCUT2D eigenvalue weighted by Crippen LogP contribution is -2.50. The number of pyridine rings is 1. The van der Waals surface area contributed by atoms with Crippen molar-refractivity contribution in [1.82, 2.24) is 4.98 Å². The number of hydrogen-bond donors (Lipinski definition) is 0. The van der Waals surface area contributed by atoms with Gasteiger partial charge in [-0.15, -0.1) is 0 Å². The highest BCUT2D eigenvalue weighted by Gasteiger charge is 2.39. The number of nitrogens with zero attached hydrogens (tertiary/aromatic N) is 1. The highest BCUT2D eigenvalue weighted by atomic mass is 28.3. The molecule has 2 heteroatoms. The quantitative estimate of drug-likeness (QED) is 0.279. The lowest BCUT2D eigenvalue weighted by molar-refractivity contribution is 1.33. The molecule has 2 heterocycles. The van der Waals surface area contributed by atoms with Crippen LogP contribution in [0.2, 0.25) is 13.1 Å². The van der Waals surface area contributed by atoms with E-state index in [0.717, 1.165) is 11.3 Å². The summed E-state index contributed by atoms with van der Waals surface area (Å²) in [5, 5.41) is 3.11. The van der Waals surface area contributed by atoms with Crippen molar-refractivity contribution < 1.29 is 0 Å². The van der Waals surface area contributed by atoms with Crippen molar-refractivity contribution in [2.75, 3.05) is 0 Å². The summed E-state index contributed by atoms with van der Waals surface area (Å²) in [6.45, 7) is 4.97. The SMILES string of the molecule is C[Si]1(C)c2ccccc2-c2cccc(-c3cccc(-c4cccc(-c5ccccn5)c4)c3)c21. The van der Waals surface area contributed by atoms with Crippen molar-refractivity contribution in [3.63, 3.8) is 0 Å². The van der Waals surface area contributed by atoms with E-state index in [2.05, 4.69) is 115 Å². The van der Waals surface area contributed by atoms with Gasteiger partial charge >= 0.3 is 0 Å². The van der Waals surface area contributed by atoms with Gasteiger partial charge in [0.05, 0.1) is 5.69 Å². The summed E-state index contributed by atoms with van der Waals surface area (Å²) in [7, 11) is -1.77. The average Bonchev–Trinajstić information content (AvgIpc) is 3.12. The van der Waals surface area contributed by atoms with Gasteiger partial charge in [0.2, 0.25) is 0 Å². The topological polar surface area (TPSA) is 12.9 Å². The van der Waals surface area contributed by atoms with Crippen LogP contribution in [0.1, 0.15) is 0 Å². The van der Waals surface area contributed by atoms with Crippen LogP contribution in [0.4, 0.5) is 0 Å². The molecule has 0 fully saturated rings. The van der Waals surface area contributed by atoms with Crippen LogP contribution < -0.4 is 10.4 Å². The Morgan fingerprint density at radius 1 is 0.515 bits per heavy atom. The summed E-state index contributed by atoms with van der Waals surface area (Å²) < 4.78 is 0. The van der Waals surface area contributed by atoms with E-state index in [9.17, 15) is 0 Å². The monoisotopic (exact) mass is 439 g/mol. The third-order valence-corrected chi connectivity index (χ3v) is 10.5. The minimum atomic E-state index is -1.77. The van der Waals surface area contributed by atoms with Gasteiger partial charge in [-0.1, -0.05) is 98.0 Å². The fourth-order valence-electron chi connectivity index (χ4n) is 5.35. The highest BCUT2D eigenvalue weighted by molar-refractivity contribution is 7.04. The van der Waals surface area contributed by atoms with Crippen molar-refractivity contribution in [2.24, 2.45) is 0 Å². The molecule has 33 heavy (non-hydrogen) atoms. The summed E-state index contributed by atoms with van der Waals surface area (Å²) in [5.74, 6) is 0. The first-order valence-electron chi connectivity index (χ1n) is 11.5. The molecule has 1 nitrogen and oxygen atoms in total. The molecule has 158 valence electrons. The van der Waals surface area contributed by atoms with Crippen molar-refractivity contribution in [1.29, 1.82) is 0 Å². The van der Waals surface area contributed by atoms with Gasteiger partial charge < -0.3 is 0 Å². The van der Waals surface area contributed by atoms with E-state index in [1.165, 1.54) is 33.4 Å². The van der Waals surface area contributed by atoms with Crippen LogP contribution in [0.5, 0.6) is 0 Å². The van der Waals surface area contributed by atoms with Crippen molar-refractivity contribution in [3.8, 4) is 44.6 Å². The van der Waals surface area contributed by atoms with Crippen LogP contribution in [0.15, 0.2) is 115 Å². The predicted octanol–water partition coefficient (Wildman–Crippen LogP) is 6.89. The van der Waals surface area contributed by atoms with Gasteiger partial charge in [-0.05, 0) is 68.0 Å². The Morgan fingerprint density at radius 2 is 1.12 bits per heavy atom. The molecule has 0 bridgehead atoms. The zero-order valence-electron chi connectivity index (χ0n) is 18.9. The predicted molar refractivity (Wildman–Crippen MR) is 143 cm³/mol. The molecule has 0 unspecified atom stereocenters. The van der Waals surface area contributed by atoms with E-state index in [1.807, 2.05) is 18.3 Å². The van der Waals surface area contributed by atoms with Crippen LogP contribution in [0.3, 0.4) is 0 Å². The van der Waals surface area contributed by atoms with Crippen LogP contribution >= 0.6 is 0 Å². The minimum absolute atomic E-state index is 1.00. The number of benzene rings is 4. The molecule has 5 aromatic rings. The van der Waals surface area contributed by atoms with Crippen molar-refractivity contribution in [3.05, 3.63) is 115 Å². The number of fused-ring (bicyclic) bond motifs is 3. The maximum absolute atomic E-state index is 4.53. The van der Waals surface area contributed by atoms with Gasteiger partial charge in [0, 0.05) is 11.8 Å². The molecule has 0 saturated heterocycles. The molecular weight excluding hydrogens is 414 g/mol. The zero-order chi connectivity index (χ0) is 22.4. The summed E-state index contributed by atoms with van der Waals surface area (Å²) in [6.07, 6.45) is 1.85. The lowest BCUT2D eigenvalue weighted by Gasteiger charge is -2.22. The van der Waals surface area contributed by atoms with Crippen molar-refractivity contribution >= 4 is 18.4 Å². The Bertz CT molecular complexity index is 1480. The van der Waals surface area contributed by atoms with E-state index in [4.69, 9.17) is 0 Å². The van der Waals surface area contributed by atoms with Crippen LogP contribution in [-0.4, -0.2) is 13.1 Å². The third-order valence-electron chi connectivity index (χ3n) is 6.91. The Labute approximate surface area is 196 Å². The molecule has 1 aliphatic rings. The van der Waals surface area contributed by atoms with Gasteiger partial charge in [0.25, 0.3) is 0 Å². The molecule has 4 aromatic carbocycles. The highest BCUT2D eigenvalue weighted by Crippen LogP contribution is 2.35. The normalized spacial score (nSPS) is 13.4. The van der Waals surface area contributed by atoms with E-state index in [1.54, 1.807) is 10.4 Å². The molecular formula is C31H25NSi. The molecule has 0 N–H and O–H groups in total. The molecule has 1 aliphatic heterocycles. The second-order valence-corrected chi connectivity index (χ2v) is 13.6. The fourth-order valence-corrected chi connectivity index (χ4v) is 8.81. The number of rotatable bonds is 3. The fraction of sp³-hybridized carbons (Fsp3) is 0.0645. The molecule has 0 spiro atoms. The van der Waals surface area contributed by atoms with Gasteiger partial charge in [-0.25, -0.2) is 0 Å². The Balaban J connectivity index is 1.47. The van der Waals surface area contributed by atoms with E-state index in [-0.39, 0.29) is 0 Å². The van der Waals surface area contributed by atoms with Crippen molar-refractivity contribution in [2.45, 2.75) is 13.1 Å². The molecule has 6 rings (SSSR count). The van der Waals surface area contributed by atoms with Crippen LogP contribution in [-0.2, 0) is 0 Å². The molecule has 0 radical (unpaired) electrons. The largest absolute Gasteiger partial charge is 0.256 e. The summed E-state index contributed by atoms with van der Waals surface area (Å²) in [6, 6.07) is 39.6. The number of hydrogen-bond acceptors (Lipinski definition) is 1. The molecule has 0 aliphatic carbocycles. The first-order chi connectivity index (χ1) is 16.1. The minimum Gasteiger partial charge on any atom is -0.256 e. The van der Waals surface area contributed by atoms with E-state index >= 15 is 0 Å². The third kappa shape index (κ3) is 3.26. The smallest absolute Gasteiger partial charge is 0.114 e. The lowest BCUT2D eigenvalue weighted by atomic mass is 9.95. The molecule has 0 amide bonds. The first kappa shape index (κ1) is 19.9.